The fourth-order valence-corrected chi connectivity index (χ4v) is 9.14. The third kappa shape index (κ3) is 20.6. The summed E-state index contributed by atoms with van der Waals surface area (Å²) in [7, 11) is -5.59. The molecule has 10 unspecified atom stereocenters. The third-order valence-corrected chi connectivity index (χ3v) is 13.0. The minimum atomic E-state index is -5.59. The van der Waals surface area contributed by atoms with E-state index in [1.54, 1.807) is 0 Å². The Balaban J connectivity index is 1.78. The summed E-state index contributed by atoms with van der Waals surface area (Å²) in [5.74, 6) is -4.95. The smallest absolute Gasteiger partial charge is 0.474 e. The van der Waals surface area contributed by atoms with Crippen LogP contribution in [-0.2, 0) is 65.9 Å². The molecule has 73 heavy (non-hydrogen) atoms. The molecule has 3 aliphatic rings. The number of phosphoric acid groups is 1. The minimum Gasteiger partial charge on any atom is -0.479 e. The maximum Gasteiger partial charge on any atom is 0.474 e. The lowest BCUT2D eigenvalue weighted by atomic mass is 9.94. The molecule has 3 rings (SSSR count). The number of aliphatic hydroxyl groups excluding tert-OH is 6. The number of azide groups is 1. The number of hydrogen-bond donors (Lipinski definition) is 12. The summed E-state index contributed by atoms with van der Waals surface area (Å²) in [6.07, 6.45) is -15.0. The van der Waals surface area contributed by atoms with Crippen molar-refractivity contribution in [3.63, 3.8) is 0 Å². The number of carboxylic acid groups (broad SMARTS) is 1. The summed E-state index contributed by atoms with van der Waals surface area (Å²) < 4.78 is 62.8. The topological polar surface area (TPSA) is 472 Å². The van der Waals surface area contributed by atoms with E-state index in [1.807, 2.05) is 0 Å². The van der Waals surface area contributed by atoms with Crippen LogP contribution in [0.15, 0.2) is 5.11 Å². The Morgan fingerprint density at radius 3 is 1.77 bits per heavy atom. The fourth-order valence-electron chi connectivity index (χ4n) is 8.32. The number of primary amides is 2. The largest absolute Gasteiger partial charge is 0.479 e. The molecule has 3 saturated heterocycles. The van der Waals surface area contributed by atoms with E-state index in [4.69, 9.17) is 59.2 Å². The third-order valence-electron chi connectivity index (χ3n) is 12.1. The van der Waals surface area contributed by atoms with Crippen molar-refractivity contribution in [2.45, 2.75) is 202 Å². The van der Waals surface area contributed by atoms with Gasteiger partial charge in [0.1, 0.15) is 61.4 Å². The van der Waals surface area contributed by atoms with Crippen LogP contribution in [0, 0.1) is 0 Å². The highest BCUT2D eigenvalue weighted by Crippen LogP contribution is 2.48. The van der Waals surface area contributed by atoms with E-state index in [0.29, 0.717) is 6.42 Å². The SMILES string of the molecule is CCCCCCCCCCCCCCCCO[C@H](COP(=O)(O)O[C@H]1OC(C(N)=O)[C@@H](O)C(OC(N)=O)C1O[C@@H]1OC(CO)[C@@H](O[C@@H]2OC(CO)[C@H](O)C(O)C2NC(=O)CN=[N+]=[N-])C(O)C1NC(C)=O)C(=O)O. The Morgan fingerprint density at radius 2 is 1.26 bits per heavy atom. The van der Waals surface area contributed by atoms with Gasteiger partial charge in [0.2, 0.25) is 17.7 Å². The van der Waals surface area contributed by atoms with E-state index in [-0.39, 0.29) is 6.61 Å². The number of rotatable bonds is 34. The van der Waals surface area contributed by atoms with E-state index < -0.39 is 162 Å². The molecule has 3 fully saturated rings. The van der Waals surface area contributed by atoms with Gasteiger partial charge in [0, 0.05) is 18.4 Å². The van der Waals surface area contributed by atoms with Crippen molar-refractivity contribution < 1.29 is 111 Å². The number of carboxylic acids is 1. The molecule has 0 radical (unpaired) electrons. The summed E-state index contributed by atoms with van der Waals surface area (Å²) in [6, 6.07) is -3.62. The number of unbranched alkanes of at least 4 members (excludes halogenated alkanes) is 13. The molecular weight excluding hydrogens is 1000 g/mol. The maximum atomic E-state index is 13.5. The van der Waals surface area contributed by atoms with Crippen LogP contribution in [0.3, 0.4) is 0 Å². The maximum absolute atomic E-state index is 13.5. The lowest BCUT2D eigenvalue weighted by Gasteiger charge is -2.49. The van der Waals surface area contributed by atoms with Crippen LogP contribution in [0.2, 0.25) is 0 Å². The summed E-state index contributed by atoms with van der Waals surface area (Å²) in [6.45, 7) is -0.807. The van der Waals surface area contributed by atoms with Gasteiger partial charge >= 0.3 is 19.9 Å². The molecule has 14 N–H and O–H groups in total. The molecule has 0 spiro atoms. The normalized spacial score (nSPS) is 31.5. The first kappa shape index (κ1) is 63.4. The monoisotopic (exact) mass is 1080 g/mol. The average Bonchev–Trinajstić information content (AvgIpc) is 3.33. The van der Waals surface area contributed by atoms with Crippen LogP contribution in [0.1, 0.15) is 104 Å². The van der Waals surface area contributed by atoms with Crippen molar-refractivity contribution in [1.29, 1.82) is 0 Å². The number of carbonyl (C=O) groups excluding carboxylic acids is 4. The molecule has 31 heteroatoms. The molecule has 3 heterocycles. The highest BCUT2D eigenvalue weighted by molar-refractivity contribution is 7.47. The first-order chi connectivity index (χ1) is 34.7. The van der Waals surface area contributed by atoms with Crippen LogP contribution in [0.5, 0.6) is 0 Å². The van der Waals surface area contributed by atoms with Crippen molar-refractivity contribution in [2.24, 2.45) is 16.6 Å². The average molecular weight is 1080 g/mol. The van der Waals surface area contributed by atoms with Crippen LogP contribution >= 0.6 is 7.82 Å². The number of amides is 4. The van der Waals surface area contributed by atoms with Crippen molar-refractivity contribution in [1.82, 2.24) is 10.6 Å². The van der Waals surface area contributed by atoms with Gasteiger partial charge in [-0.25, -0.2) is 14.2 Å². The molecule has 4 amide bonds. The Hall–Kier alpha value is -3.91. The number of aliphatic hydroxyl groups is 6. The molecule has 0 bridgehead atoms. The van der Waals surface area contributed by atoms with Crippen molar-refractivity contribution >= 4 is 37.6 Å². The summed E-state index contributed by atoms with van der Waals surface area (Å²) in [5, 5.41) is 82.2. The number of nitrogens with zero attached hydrogens (tertiary/aromatic N) is 3. The first-order valence-electron chi connectivity index (χ1n) is 24.2. The Bertz CT molecular complexity index is 1820. The van der Waals surface area contributed by atoms with Gasteiger partial charge in [0.15, 0.2) is 43.3 Å². The van der Waals surface area contributed by atoms with Crippen LogP contribution in [-0.4, -0.2) is 201 Å². The molecule has 0 aromatic heterocycles. The van der Waals surface area contributed by atoms with Gasteiger partial charge in [0.25, 0.3) is 0 Å². The number of ether oxygens (including phenoxy) is 7. The van der Waals surface area contributed by atoms with Gasteiger partial charge in [-0.15, -0.1) is 0 Å². The number of carbonyl (C=O) groups is 5. The Kier molecular flexibility index (Phi) is 28.2. The standard InChI is InChI=1S/C42H74N7O23P/c1-3-4-5-6-7-8-9-10-11-12-13-14-15-16-17-64-25(38(59)60)21-65-73(62,63)72-41-36(34(71-42(44)61)32(57)35(69-41)37(43)58)70-40-28(47-22(2)52)31(56)33(24(20-51)67-40)68-39-27(48-26(53)18-46-49-45)30(55)29(54)23(19-50)66-39/h23-25,27-36,39-41,50-51,54-57H,3-21H2,1-2H3,(H2,43,58)(H2,44,61)(H,47,52)(H,48,53)(H,59,60)(H,62,63)/t23?,24?,25-,27?,28?,29+,30?,31?,32+,33-,34?,35?,36?,39+,40+,41-/m1/s1. The van der Waals surface area contributed by atoms with E-state index in [2.05, 4.69) is 27.6 Å². The molecule has 0 saturated carbocycles. The van der Waals surface area contributed by atoms with Gasteiger partial charge in [-0.05, 0) is 12.0 Å². The Morgan fingerprint density at radius 1 is 0.726 bits per heavy atom. The second-order valence-electron chi connectivity index (χ2n) is 17.7. The van der Waals surface area contributed by atoms with E-state index in [9.17, 15) is 69.2 Å². The zero-order valence-electron chi connectivity index (χ0n) is 40.8. The predicted octanol–water partition coefficient (Wildman–Crippen LogP) is -1.31. The van der Waals surface area contributed by atoms with Crippen molar-refractivity contribution in [2.75, 3.05) is 33.0 Å². The number of nitrogens with one attached hydrogen (secondary N) is 2. The van der Waals surface area contributed by atoms with Crippen LogP contribution in [0.25, 0.3) is 10.4 Å². The predicted molar refractivity (Wildman–Crippen MR) is 246 cm³/mol. The van der Waals surface area contributed by atoms with E-state index in [0.717, 1.165) is 39.0 Å². The molecule has 0 aliphatic carbocycles. The van der Waals surface area contributed by atoms with Crippen LogP contribution in [0.4, 0.5) is 4.79 Å². The fraction of sp³-hybridized carbons (Fsp3) is 0.881. The van der Waals surface area contributed by atoms with Crippen molar-refractivity contribution in [3.05, 3.63) is 10.4 Å². The minimum absolute atomic E-state index is 0.0533. The molecule has 30 nitrogen and oxygen atoms in total. The lowest BCUT2D eigenvalue weighted by Crippen LogP contribution is -2.70. The molecule has 17 atom stereocenters. The summed E-state index contributed by atoms with van der Waals surface area (Å²) in [5.41, 5.74) is 19.3. The summed E-state index contributed by atoms with van der Waals surface area (Å²) >= 11 is 0. The zero-order chi connectivity index (χ0) is 54.3. The second kappa shape index (κ2) is 32.5. The van der Waals surface area contributed by atoms with Crippen LogP contribution < -0.4 is 22.1 Å². The quantitative estimate of drug-likeness (QED) is 0.0117. The van der Waals surface area contributed by atoms with Gasteiger partial charge in [-0.2, -0.15) is 0 Å². The first-order valence-corrected chi connectivity index (χ1v) is 25.7. The van der Waals surface area contributed by atoms with Gasteiger partial charge in [-0.1, -0.05) is 95.5 Å². The number of nitrogens with two attached hydrogens (primary N) is 2. The molecular formula is C42H74N7O23P. The van der Waals surface area contributed by atoms with Gasteiger partial charge in [-0.3, -0.25) is 23.4 Å². The zero-order valence-corrected chi connectivity index (χ0v) is 41.7. The van der Waals surface area contributed by atoms with Gasteiger partial charge < -0.3 is 95.9 Å². The second-order valence-corrected chi connectivity index (χ2v) is 19.1. The Labute approximate surface area is 420 Å². The summed E-state index contributed by atoms with van der Waals surface area (Å²) in [4.78, 5) is 75.2. The van der Waals surface area contributed by atoms with Gasteiger partial charge in [0.05, 0.1) is 19.8 Å². The molecule has 0 aromatic carbocycles. The number of aliphatic carboxylic acids is 1. The number of phosphoric ester groups is 1. The van der Waals surface area contributed by atoms with E-state index >= 15 is 0 Å². The van der Waals surface area contributed by atoms with Crippen molar-refractivity contribution in [3.8, 4) is 0 Å². The number of hydrogen-bond acceptors (Lipinski definition) is 22. The van der Waals surface area contributed by atoms with E-state index in [1.165, 1.54) is 51.4 Å². The molecule has 420 valence electrons. The lowest BCUT2D eigenvalue weighted by molar-refractivity contribution is -0.357. The highest BCUT2D eigenvalue weighted by atomic mass is 31.2. The highest BCUT2D eigenvalue weighted by Gasteiger charge is 2.57. The molecule has 3 aliphatic heterocycles. The molecule has 0 aromatic rings.